The Kier molecular flexibility index (Phi) is 5.10. The minimum absolute atomic E-state index is 0.0149. The summed E-state index contributed by atoms with van der Waals surface area (Å²) in [5.74, 6) is -0.724. The lowest BCUT2D eigenvalue weighted by atomic mass is 10.1. The van der Waals surface area contributed by atoms with Gasteiger partial charge in [0.1, 0.15) is 5.82 Å². The van der Waals surface area contributed by atoms with Crippen molar-refractivity contribution >= 4 is 27.9 Å². The van der Waals surface area contributed by atoms with E-state index in [9.17, 15) is 13.4 Å². The summed E-state index contributed by atoms with van der Waals surface area (Å²) in [5, 5.41) is 7.65. The molecule has 0 spiro atoms. The Bertz CT molecular complexity index is 1230. The molecule has 8 nitrogen and oxygen atoms in total. The molecule has 0 saturated heterocycles. The van der Waals surface area contributed by atoms with Crippen molar-refractivity contribution in [2.24, 2.45) is 0 Å². The number of pyridine rings is 2. The molecule has 0 bridgehead atoms. The van der Waals surface area contributed by atoms with Gasteiger partial charge < -0.3 is 9.87 Å². The maximum Gasteiger partial charge on any atom is 0.253 e. The largest absolute Gasteiger partial charge is 0.348 e. The van der Waals surface area contributed by atoms with E-state index in [2.05, 4.69) is 20.4 Å². The fourth-order valence-electron chi connectivity index (χ4n) is 2.84. The molecule has 1 aromatic carbocycles. The second-order valence-electron chi connectivity index (χ2n) is 6.09. The third kappa shape index (κ3) is 3.89. The molecule has 3 aromatic heterocycles. The molecule has 1 amide bonds. The molecular weight excluding hydrogens is 397 g/mol. The number of aromatic nitrogens is 4. The van der Waals surface area contributed by atoms with Gasteiger partial charge in [-0.15, -0.1) is 0 Å². The summed E-state index contributed by atoms with van der Waals surface area (Å²) in [6, 6.07) is 8.91. The van der Waals surface area contributed by atoms with E-state index in [0.717, 1.165) is 0 Å². The van der Waals surface area contributed by atoms with Crippen LogP contribution in [0.3, 0.4) is 0 Å². The number of nitrogens with zero attached hydrogens (tertiary/aromatic N) is 4. The summed E-state index contributed by atoms with van der Waals surface area (Å²) in [7, 11) is 0. The molecule has 1 unspecified atom stereocenters. The van der Waals surface area contributed by atoms with Crippen molar-refractivity contribution in [3.8, 4) is 5.69 Å². The van der Waals surface area contributed by atoms with Crippen LogP contribution >= 0.6 is 0 Å². The number of hydrogen-bond donors (Lipinski definition) is 2. The summed E-state index contributed by atoms with van der Waals surface area (Å²) >= 11 is -2.19. The van der Waals surface area contributed by atoms with Crippen molar-refractivity contribution in [2.75, 3.05) is 0 Å². The van der Waals surface area contributed by atoms with Crippen LogP contribution in [0.2, 0.25) is 0 Å². The van der Waals surface area contributed by atoms with Gasteiger partial charge in [-0.05, 0) is 42.0 Å². The molecule has 0 aliphatic heterocycles. The molecule has 10 heteroatoms. The molecule has 0 fully saturated rings. The maximum atomic E-state index is 13.2. The van der Waals surface area contributed by atoms with E-state index in [1.54, 1.807) is 35.3 Å². The normalized spacial score (nSPS) is 12.1. The van der Waals surface area contributed by atoms with Gasteiger partial charge in [-0.3, -0.25) is 9.78 Å². The van der Waals surface area contributed by atoms with Crippen molar-refractivity contribution in [3.63, 3.8) is 0 Å². The Labute approximate surface area is 166 Å². The van der Waals surface area contributed by atoms with Crippen LogP contribution < -0.4 is 5.32 Å². The van der Waals surface area contributed by atoms with Gasteiger partial charge in [-0.1, -0.05) is 0 Å². The number of hydrogen-bond acceptors (Lipinski definition) is 5. The van der Waals surface area contributed by atoms with Crippen LogP contribution in [-0.2, 0) is 17.6 Å². The molecule has 3 heterocycles. The minimum Gasteiger partial charge on any atom is -0.348 e. The first kappa shape index (κ1) is 18.8. The Morgan fingerprint density at radius 2 is 1.97 bits per heavy atom. The highest BCUT2D eigenvalue weighted by Crippen LogP contribution is 2.21. The van der Waals surface area contributed by atoms with Crippen LogP contribution in [0.1, 0.15) is 15.9 Å². The summed E-state index contributed by atoms with van der Waals surface area (Å²) in [6.07, 6.45) is 5.97. The van der Waals surface area contributed by atoms with Crippen molar-refractivity contribution in [1.29, 1.82) is 0 Å². The van der Waals surface area contributed by atoms with E-state index in [-0.39, 0.29) is 23.3 Å². The Hall–Kier alpha value is -3.50. The van der Waals surface area contributed by atoms with Crippen LogP contribution in [0.25, 0.3) is 16.6 Å². The average Bonchev–Trinajstić information content (AvgIpc) is 3.17. The predicted octanol–water partition coefficient (Wildman–Crippen LogP) is 2.47. The smallest absolute Gasteiger partial charge is 0.253 e. The zero-order chi connectivity index (χ0) is 20.4. The number of rotatable bonds is 5. The van der Waals surface area contributed by atoms with Crippen molar-refractivity contribution in [1.82, 2.24) is 25.1 Å². The van der Waals surface area contributed by atoms with Gasteiger partial charge in [0, 0.05) is 24.3 Å². The maximum absolute atomic E-state index is 13.2. The standard InChI is InChI=1S/C19H14FN5O3S/c20-13-1-3-14(4-2-13)25-17-11-21-9-16(15(17)10-24-25)19(26)23-8-12-5-6-22-18(7-12)29(27)28/h1-7,9-11H,8H2,(H,23,26)(H,27,28). The summed E-state index contributed by atoms with van der Waals surface area (Å²) in [4.78, 5) is 20.6. The number of nitrogens with one attached hydrogen (secondary N) is 1. The third-order valence-corrected chi connectivity index (χ3v) is 4.83. The van der Waals surface area contributed by atoms with E-state index in [4.69, 9.17) is 4.55 Å². The number of fused-ring (bicyclic) bond motifs is 1. The molecule has 0 aliphatic rings. The van der Waals surface area contributed by atoms with Crippen LogP contribution in [0.5, 0.6) is 0 Å². The average molecular weight is 411 g/mol. The molecular formula is C19H14FN5O3S. The SMILES string of the molecule is O=C(NCc1ccnc(S(=O)O)c1)c1cncc2c1cnn2-c1ccc(F)cc1. The quantitative estimate of drug-likeness (QED) is 0.488. The number of carbonyl (C=O) groups is 1. The Balaban J connectivity index is 1.59. The first-order valence-corrected chi connectivity index (χ1v) is 9.55. The molecule has 4 rings (SSSR count). The minimum atomic E-state index is -2.19. The van der Waals surface area contributed by atoms with Gasteiger partial charge in [0.2, 0.25) is 11.1 Å². The van der Waals surface area contributed by atoms with Gasteiger partial charge in [0.05, 0.1) is 29.2 Å². The highest BCUT2D eigenvalue weighted by atomic mass is 32.2. The first-order valence-electron chi connectivity index (χ1n) is 8.44. The fourth-order valence-corrected chi connectivity index (χ4v) is 3.25. The van der Waals surface area contributed by atoms with E-state index in [0.29, 0.717) is 27.7 Å². The first-order chi connectivity index (χ1) is 14.0. The molecule has 29 heavy (non-hydrogen) atoms. The molecule has 1 atom stereocenters. The lowest BCUT2D eigenvalue weighted by Crippen LogP contribution is -2.23. The van der Waals surface area contributed by atoms with Gasteiger partial charge in [-0.25, -0.2) is 18.3 Å². The number of carbonyl (C=O) groups excluding carboxylic acids is 1. The lowest BCUT2D eigenvalue weighted by molar-refractivity contribution is 0.0952. The number of benzene rings is 1. The summed E-state index contributed by atoms with van der Waals surface area (Å²) < 4.78 is 35.0. The van der Waals surface area contributed by atoms with Crippen molar-refractivity contribution in [2.45, 2.75) is 11.6 Å². The third-order valence-electron chi connectivity index (χ3n) is 4.24. The lowest BCUT2D eigenvalue weighted by Gasteiger charge is -2.07. The van der Waals surface area contributed by atoms with E-state index < -0.39 is 11.1 Å². The molecule has 0 saturated carbocycles. The molecule has 2 N–H and O–H groups in total. The van der Waals surface area contributed by atoms with Crippen LogP contribution in [0.4, 0.5) is 4.39 Å². The predicted molar refractivity (Wildman–Crippen MR) is 103 cm³/mol. The zero-order valence-corrected chi connectivity index (χ0v) is 15.6. The van der Waals surface area contributed by atoms with Gasteiger partial charge in [0.25, 0.3) is 5.91 Å². The van der Waals surface area contributed by atoms with Gasteiger partial charge >= 0.3 is 0 Å². The van der Waals surface area contributed by atoms with E-state index in [1.165, 1.54) is 30.6 Å². The highest BCUT2D eigenvalue weighted by Gasteiger charge is 2.15. The highest BCUT2D eigenvalue weighted by molar-refractivity contribution is 7.79. The number of halogens is 1. The topological polar surface area (TPSA) is 110 Å². The van der Waals surface area contributed by atoms with Gasteiger partial charge in [0.15, 0.2) is 5.03 Å². The molecule has 146 valence electrons. The van der Waals surface area contributed by atoms with Crippen molar-refractivity contribution < 1.29 is 17.9 Å². The van der Waals surface area contributed by atoms with Crippen molar-refractivity contribution in [3.05, 3.63) is 78.1 Å². The number of amides is 1. The zero-order valence-electron chi connectivity index (χ0n) is 14.8. The molecule has 0 radical (unpaired) electrons. The second-order valence-corrected chi connectivity index (χ2v) is 7.00. The van der Waals surface area contributed by atoms with Crippen LogP contribution in [-0.4, -0.2) is 34.4 Å². The Morgan fingerprint density at radius 3 is 2.72 bits per heavy atom. The van der Waals surface area contributed by atoms with E-state index in [1.807, 2.05) is 0 Å². The van der Waals surface area contributed by atoms with Crippen LogP contribution in [0, 0.1) is 5.82 Å². The van der Waals surface area contributed by atoms with Gasteiger partial charge in [-0.2, -0.15) is 5.10 Å². The molecule has 4 aromatic rings. The van der Waals surface area contributed by atoms with E-state index >= 15 is 0 Å². The van der Waals surface area contributed by atoms with Crippen LogP contribution in [0.15, 0.2) is 66.2 Å². The fraction of sp³-hybridized carbons (Fsp3) is 0.0526. The Morgan fingerprint density at radius 1 is 1.17 bits per heavy atom. The summed E-state index contributed by atoms with van der Waals surface area (Å²) in [5.41, 5.74) is 2.21. The molecule has 0 aliphatic carbocycles. The second kappa shape index (κ2) is 7.86. The monoisotopic (exact) mass is 411 g/mol. The summed E-state index contributed by atoms with van der Waals surface area (Å²) in [6.45, 7) is 0.147.